The molecule has 0 spiro atoms. The number of ether oxygens (including phenoxy) is 1. The third-order valence-electron chi connectivity index (χ3n) is 4.25. The van der Waals surface area contributed by atoms with Gasteiger partial charge >= 0.3 is 0 Å². The van der Waals surface area contributed by atoms with Crippen LogP contribution in [0, 0.1) is 12.8 Å². The van der Waals surface area contributed by atoms with Crippen LogP contribution in [0.25, 0.3) is 0 Å². The van der Waals surface area contributed by atoms with E-state index in [-0.39, 0.29) is 30.3 Å². The number of hydrogen-bond acceptors (Lipinski definition) is 3. The molecule has 2 N–H and O–H groups in total. The lowest BCUT2D eigenvalue weighted by Crippen LogP contribution is -2.40. The van der Waals surface area contributed by atoms with Gasteiger partial charge in [0.15, 0.2) is 0 Å². The monoisotopic (exact) mass is 340 g/mol. The Kier molecular flexibility index (Phi) is 8.42. The molecule has 0 aliphatic carbocycles. The smallest absolute Gasteiger partial charge is 0.224 e. The average molecular weight is 341 g/mol. The number of hydrogen-bond donors (Lipinski definition) is 2. The largest absolute Gasteiger partial charge is 0.490 e. The van der Waals surface area contributed by atoms with E-state index >= 15 is 0 Å². The van der Waals surface area contributed by atoms with Gasteiger partial charge in [-0.05, 0) is 51.3 Å². The summed E-state index contributed by atoms with van der Waals surface area (Å²) in [6, 6.07) is 6.16. The van der Waals surface area contributed by atoms with E-state index < -0.39 is 0 Å². The minimum absolute atomic E-state index is 0. The maximum absolute atomic E-state index is 12.2. The standard InChI is InChI=1S/C18H28N2O2.ClH/c1-4-14(3)22-17-10-13(2)7-8-15(17)12-20-18(21)16-6-5-9-19-11-16;/h7-8,10,14,16,19H,4-6,9,11-12H2,1-3H3,(H,20,21);1H. The molecule has 2 atom stereocenters. The summed E-state index contributed by atoms with van der Waals surface area (Å²) in [5.41, 5.74) is 2.22. The van der Waals surface area contributed by atoms with Crippen molar-refractivity contribution in [1.29, 1.82) is 0 Å². The van der Waals surface area contributed by atoms with E-state index in [2.05, 4.69) is 43.5 Å². The molecule has 1 heterocycles. The molecule has 0 aromatic heterocycles. The zero-order valence-electron chi connectivity index (χ0n) is 14.4. The first-order valence-electron chi connectivity index (χ1n) is 8.34. The molecule has 2 unspecified atom stereocenters. The average Bonchev–Trinajstić information content (AvgIpc) is 2.54. The summed E-state index contributed by atoms with van der Waals surface area (Å²) in [7, 11) is 0. The van der Waals surface area contributed by atoms with Gasteiger partial charge in [0, 0.05) is 18.7 Å². The molecule has 0 radical (unpaired) electrons. The Bertz CT molecular complexity index is 502. The van der Waals surface area contributed by atoms with Gasteiger partial charge in [-0.3, -0.25) is 4.79 Å². The van der Waals surface area contributed by atoms with Crippen molar-refractivity contribution in [1.82, 2.24) is 10.6 Å². The Hall–Kier alpha value is -1.26. The van der Waals surface area contributed by atoms with Crippen LogP contribution < -0.4 is 15.4 Å². The van der Waals surface area contributed by atoms with Gasteiger partial charge in [-0.15, -0.1) is 12.4 Å². The van der Waals surface area contributed by atoms with Gasteiger partial charge in [-0.1, -0.05) is 19.1 Å². The van der Waals surface area contributed by atoms with E-state index in [0.29, 0.717) is 6.54 Å². The summed E-state index contributed by atoms with van der Waals surface area (Å²) >= 11 is 0. The number of carbonyl (C=O) groups excluding carboxylic acids is 1. The molecule has 1 amide bonds. The summed E-state index contributed by atoms with van der Waals surface area (Å²) in [6.07, 6.45) is 3.19. The lowest BCUT2D eigenvalue weighted by Gasteiger charge is -2.22. The van der Waals surface area contributed by atoms with E-state index in [1.807, 2.05) is 6.07 Å². The summed E-state index contributed by atoms with van der Waals surface area (Å²) in [5.74, 6) is 1.12. The number of benzene rings is 1. The number of piperidine rings is 1. The molecule has 0 bridgehead atoms. The second-order valence-corrected chi connectivity index (χ2v) is 6.21. The maximum Gasteiger partial charge on any atom is 0.224 e. The zero-order valence-corrected chi connectivity index (χ0v) is 15.2. The van der Waals surface area contributed by atoms with E-state index in [9.17, 15) is 4.79 Å². The first-order chi connectivity index (χ1) is 10.6. The van der Waals surface area contributed by atoms with Gasteiger partial charge in [0.1, 0.15) is 5.75 Å². The Labute approximate surface area is 145 Å². The molecule has 1 aromatic rings. The lowest BCUT2D eigenvalue weighted by atomic mass is 9.99. The van der Waals surface area contributed by atoms with Crippen molar-refractivity contribution in [3.63, 3.8) is 0 Å². The minimum Gasteiger partial charge on any atom is -0.490 e. The molecule has 1 saturated heterocycles. The van der Waals surface area contributed by atoms with Gasteiger partial charge in [0.2, 0.25) is 5.91 Å². The van der Waals surface area contributed by atoms with Crippen LogP contribution >= 0.6 is 12.4 Å². The number of rotatable bonds is 6. The molecular formula is C18H29ClN2O2. The van der Waals surface area contributed by atoms with Gasteiger partial charge in [0.05, 0.1) is 12.0 Å². The van der Waals surface area contributed by atoms with E-state index in [1.54, 1.807) is 0 Å². The number of amides is 1. The first kappa shape index (κ1) is 19.8. The van der Waals surface area contributed by atoms with Gasteiger partial charge in [0.25, 0.3) is 0 Å². The minimum atomic E-state index is 0. The highest BCUT2D eigenvalue weighted by Crippen LogP contribution is 2.22. The van der Waals surface area contributed by atoms with Crippen LogP contribution in [0.5, 0.6) is 5.75 Å². The highest BCUT2D eigenvalue weighted by molar-refractivity contribution is 5.85. The van der Waals surface area contributed by atoms with E-state index in [4.69, 9.17) is 4.74 Å². The number of carbonyl (C=O) groups is 1. The molecule has 130 valence electrons. The Balaban J connectivity index is 0.00000264. The molecular weight excluding hydrogens is 312 g/mol. The molecule has 1 aliphatic rings. The van der Waals surface area contributed by atoms with Crippen molar-refractivity contribution in [2.24, 2.45) is 5.92 Å². The van der Waals surface area contributed by atoms with Crippen molar-refractivity contribution in [3.8, 4) is 5.75 Å². The fourth-order valence-electron chi connectivity index (χ4n) is 2.62. The third kappa shape index (κ3) is 6.04. The number of halogens is 1. The van der Waals surface area contributed by atoms with Crippen LogP contribution in [0.15, 0.2) is 18.2 Å². The topological polar surface area (TPSA) is 50.4 Å². The van der Waals surface area contributed by atoms with Gasteiger partial charge in [-0.25, -0.2) is 0 Å². The van der Waals surface area contributed by atoms with Crippen LogP contribution in [0.4, 0.5) is 0 Å². The molecule has 23 heavy (non-hydrogen) atoms. The van der Waals surface area contributed by atoms with E-state index in [1.165, 1.54) is 5.56 Å². The summed E-state index contributed by atoms with van der Waals surface area (Å²) < 4.78 is 5.99. The maximum atomic E-state index is 12.2. The number of nitrogens with one attached hydrogen (secondary N) is 2. The van der Waals surface area contributed by atoms with Crippen molar-refractivity contribution < 1.29 is 9.53 Å². The second kappa shape index (κ2) is 9.78. The van der Waals surface area contributed by atoms with Gasteiger partial charge in [-0.2, -0.15) is 0 Å². The molecule has 5 heteroatoms. The van der Waals surface area contributed by atoms with Crippen LogP contribution in [0.3, 0.4) is 0 Å². The third-order valence-corrected chi connectivity index (χ3v) is 4.25. The van der Waals surface area contributed by atoms with Gasteiger partial charge < -0.3 is 15.4 Å². The quantitative estimate of drug-likeness (QED) is 0.836. The highest BCUT2D eigenvalue weighted by Gasteiger charge is 2.20. The fraction of sp³-hybridized carbons (Fsp3) is 0.611. The van der Waals surface area contributed by atoms with Crippen molar-refractivity contribution in [2.75, 3.05) is 13.1 Å². The first-order valence-corrected chi connectivity index (χ1v) is 8.34. The molecule has 1 aromatic carbocycles. The summed E-state index contributed by atoms with van der Waals surface area (Å²) in [6.45, 7) is 8.57. The predicted molar refractivity (Wildman–Crippen MR) is 96.2 cm³/mol. The van der Waals surface area contributed by atoms with E-state index in [0.717, 1.165) is 43.7 Å². The Morgan fingerprint density at radius 3 is 2.91 bits per heavy atom. The molecule has 2 rings (SSSR count). The fourth-order valence-corrected chi connectivity index (χ4v) is 2.62. The molecule has 0 saturated carbocycles. The van der Waals surface area contributed by atoms with Crippen LogP contribution in [0.2, 0.25) is 0 Å². The van der Waals surface area contributed by atoms with Crippen LogP contribution in [0.1, 0.15) is 44.2 Å². The van der Waals surface area contributed by atoms with Crippen LogP contribution in [-0.2, 0) is 11.3 Å². The lowest BCUT2D eigenvalue weighted by molar-refractivity contribution is -0.125. The summed E-state index contributed by atoms with van der Waals surface area (Å²) in [5, 5.41) is 6.34. The Morgan fingerprint density at radius 1 is 1.48 bits per heavy atom. The molecule has 1 fully saturated rings. The van der Waals surface area contributed by atoms with Crippen molar-refractivity contribution >= 4 is 18.3 Å². The number of aryl methyl sites for hydroxylation is 1. The highest BCUT2D eigenvalue weighted by atomic mass is 35.5. The van der Waals surface area contributed by atoms with Crippen LogP contribution in [-0.4, -0.2) is 25.1 Å². The SMILES string of the molecule is CCC(C)Oc1cc(C)ccc1CNC(=O)C1CCCNC1.Cl. The normalized spacial score (nSPS) is 18.7. The zero-order chi connectivity index (χ0) is 15.9. The Morgan fingerprint density at radius 2 is 2.26 bits per heavy atom. The van der Waals surface area contributed by atoms with Crippen molar-refractivity contribution in [3.05, 3.63) is 29.3 Å². The van der Waals surface area contributed by atoms with Crippen molar-refractivity contribution in [2.45, 2.75) is 52.7 Å². The summed E-state index contributed by atoms with van der Waals surface area (Å²) in [4.78, 5) is 12.2. The molecule has 1 aliphatic heterocycles. The second-order valence-electron chi connectivity index (χ2n) is 6.21. The molecule has 4 nitrogen and oxygen atoms in total. The predicted octanol–water partition coefficient (Wildman–Crippen LogP) is 3.21.